The Kier molecular flexibility index (Phi) is 4.20. The van der Waals surface area contributed by atoms with Crippen LogP contribution in [0.5, 0.6) is 0 Å². The van der Waals surface area contributed by atoms with Gasteiger partial charge in [-0.25, -0.2) is 0 Å². The van der Waals surface area contributed by atoms with Gasteiger partial charge in [-0.15, -0.1) is 0 Å². The number of pyridine rings is 1. The first-order valence-electron chi connectivity index (χ1n) is 5.38. The molecule has 0 radical (unpaired) electrons. The van der Waals surface area contributed by atoms with Crippen molar-refractivity contribution in [2.24, 2.45) is 5.41 Å². The normalized spacial score (nSPS) is 10.8. The highest BCUT2D eigenvalue weighted by molar-refractivity contribution is 5.95. The zero-order valence-corrected chi connectivity index (χ0v) is 10.3. The molecule has 1 heterocycles. The van der Waals surface area contributed by atoms with Gasteiger partial charge in [-0.2, -0.15) is 0 Å². The number of nitrogens with zero attached hydrogens (tertiary/aromatic N) is 1. The third-order valence-corrected chi connectivity index (χ3v) is 2.04. The number of hydrogen-bond acceptors (Lipinski definition) is 3. The SMILES string of the molecule is CC(C)(C)C(=O)NCC(=O)Nc1cccnc1. The lowest BCUT2D eigenvalue weighted by Gasteiger charge is -2.17. The van der Waals surface area contributed by atoms with E-state index in [0.29, 0.717) is 5.69 Å². The van der Waals surface area contributed by atoms with E-state index in [0.717, 1.165) is 0 Å². The standard InChI is InChI=1S/C12H17N3O2/c1-12(2,3)11(17)14-8-10(16)15-9-5-4-6-13-7-9/h4-7H,8H2,1-3H3,(H,14,17)(H,15,16). The van der Waals surface area contributed by atoms with E-state index >= 15 is 0 Å². The molecule has 5 heteroatoms. The monoisotopic (exact) mass is 235 g/mol. The van der Waals surface area contributed by atoms with Crippen LogP contribution in [-0.4, -0.2) is 23.3 Å². The number of nitrogens with one attached hydrogen (secondary N) is 2. The zero-order valence-electron chi connectivity index (χ0n) is 10.3. The molecule has 2 amide bonds. The van der Waals surface area contributed by atoms with Gasteiger partial charge in [0.1, 0.15) is 0 Å². The average Bonchev–Trinajstić information content (AvgIpc) is 2.26. The van der Waals surface area contributed by atoms with Crippen LogP contribution < -0.4 is 10.6 Å². The van der Waals surface area contributed by atoms with Crippen molar-refractivity contribution in [3.05, 3.63) is 24.5 Å². The molecule has 0 aliphatic rings. The van der Waals surface area contributed by atoms with Crippen LogP contribution in [0.25, 0.3) is 0 Å². The van der Waals surface area contributed by atoms with E-state index in [4.69, 9.17) is 0 Å². The van der Waals surface area contributed by atoms with E-state index in [-0.39, 0.29) is 18.4 Å². The Bertz CT molecular complexity index is 396. The lowest BCUT2D eigenvalue weighted by Crippen LogP contribution is -2.39. The molecule has 0 aliphatic carbocycles. The lowest BCUT2D eigenvalue weighted by atomic mass is 9.96. The van der Waals surface area contributed by atoms with Gasteiger partial charge in [0.25, 0.3) is 0 Å². The molecule has 0 aromatic carbocycles. The van der Waals surface area contributed by atoms with Crippen LogP contribution in [-0.2, 0) is 9.59 Å². The van der Waals surface area contributed by atoms with Crippen molar-refractivity contribution in [1.29, 1.82) is 0 Å². The number of aromatic nitrogens is 1. The summed E-state index contributed by atoms with van der Waals surface area (Å²) in [5.74, 6) is -0.422. The summed E-state index contributed by atoms with van der Waals surface area (Å²) >= 11 is 0. The Hall–Kier alpha value is -1.91. The number of carbonyl (C=O) groups is 2. The van der Waals surface area contributed by atoms with Gasteiger partial charge < -0.3 is 10.6 Å². The minimum Gasteiger partial charge on any atom is -0.347 e. The molecule has 0 saturated carbocycles. The first kappa shape index (κ1) is 13.2. The molecule has 0 unspecified atom stereocenters. The molecule has 17 heavy (non-hydrogen) atoms. The summed E-state index contributed by atoms with van der Waals surface area (Å²) in [6.07, 6.45) is 3.17. The molecule has 5 nitrogen and oxygen atoms in total. The highest BCUT2D eigenvalue weighted by atomic mass is 16.2. The quantitative estimate of drug-likeness (QED) is 0.826. The van der Waals surface area contributed by atoms with Gasteiger partial charge >= 0.3 is 0 Å². The molecular weight excluding hydrogens is 218 g/mol. The summed E-state index contributed by atoms with van der Waals surface area (Å²) in [5.41, 5.74) is 0.122. The first-order valence-corrected chi connectivity index (χ1v) is 5.38. The Balaban J connectivity index is 2.39. The largest absolute Gasteiger partial charge is 0.347 e. The van der Waals surface area contributed by atoms with Gasteiger partial charge in [0.05, 0.1) is 18.4 Å². The van der Waals surface area contributed by atoms with E-state index in [1.165, 1.54) is 0 Å². The van der Waals surface area contributed by atoms with Crippen LogP contribution in [0.4, 0.5) is 5.69 Å². The van der Waals surface area contributed by atoms with Gasteiger partial charge in [0.15, 0.2) is 0 Å². The maximum absolute atomic E-state index is 11.5. The second kappa shape index (κ2) is 5.43. The Morgan fingerprint density at radius 2 is 2.06 bits per heavy atom. The predicted molar refractivity (Wildman–Crippen MR) is 65.3 cm³/mol. The number of anilines is 1. The molecule has 0 atom stereocenters. The van der Waals surface area contributed by atoms with Crippen molar-refractivity contribution in [3.8, 4) is 0 Å². The average molecular weight is 235 g/mol. The minimum absolute atomic E-state index is 0.0367. The van der Waals surface area contributed by atoms with E-state index in [9.17, 15) is 9.59 Å². The van der Waals surface area contributed by atoms with Gasteiger partial charge in [0, 0.05) is 11.6 Å². The van der Waals surface area contributed by atoms with E-state index in [1.54, 1.807) is 45.3 Å². The van der Waals surface area contributed by atoms with Crippen molar-refractivity contribution in [2.45, 2.75) is 20.8 Å². The molecular formula is C12H17N3O2. The Labute approximate surface area is 101 Å². The van der Waals surface area contributed by atoms with Crippen molar-refractivity contribution in [1.82, 2.24) is 10.3 Å². The molecule has 0 bridgehead atoms. The van der Waals surface area contributed by atoms with E-state index in [2.05, 4.69) is 15.6 Å². The molecule has 0 saturated heterocycles. The van der Waals surface area contributed by atoms with Gasteiger partial charge in [0.2, 0.25) is 11.8 Å². The maximum atomic E-state index is 11.5. The molecule has 2 N–H and O–H groups in total. The summed E-state index contributed by atoms with van der Waals surface area (Å²) in [7, 11) is 0. The molecule has 1 aromatic rings. The second-order valence-electron chi connectivity index (χ2n) is 4.72. The van der Waals surface area contributed by atoms with Crippen molar-refractivity contribution >= 4 is 17.5 Å². The Morgan fingerprint density at radius 1 is 1.35 bits per heavy atom. The van der Waals surface area contributed by atoms with E-state index < -0.39 is 5.41 Å². The smallest absolute Gasteiger partial charge is 0.243 e. The minimum atomic E-state index is -0.491. The number of amides is 2. The fraction of sp³-hybridized carbons (Fsp3) is 0.417. The zero-order chi connectivity index (χ0) is 12.9. The summed E-state index contributed by atoms with van der Waals surface area (Å²) < 4.78 is 0. The first-order chi connectivity index (χ1) is 7.89. The van der Waals surface area contributed by atoms with Crippen LogP contribution in [0.15, 0.2) is 24.5 Å². The molecule has 92 valence electrons. The Morgan fingerprint density at radius 3 is 2.59 bits per heavy atom. The van der Waals surface area contributed by atoms with Crippen LogP contribution in [0, 0.1) is 5.41 Å². The maximum Gasteiger partial charge on any atom is 0.243 e. The molecule has 0 aliphatic heterocycles. The van der Waals surface area contributed by atoms with Gasteiger partial charge in [-0.1, -0.05) is 20.8 Å². The summed E-state index contributed by atoms with van der Waals surface area (Å²) in [5, 5.41) is 5.20. The molecule has 1 aromatic heterocycles. The number of hydrogen-bond donors (Lipinski definition) is 2. The van der Waals surface area contributed by atoms with Crippen LogP contribution in [0.1, 0.15) is 20.8 Å². The molecule has 0 spiro atoms. The predicted octanol–water partition coefficient (Wildman–Crippen LogP) is 1.18. The summed E-state index contributed by atoms with van der Waals surface area (Å²) in [6, 6.07) is 3.46. The lowest BCUT2D eigenvalue weighted by molar-refractivity contribution is -0.130. The topological polar surface area (TPSA) is 71.1 Å². The van der Waals surface area contributed by atoms with Crippen molar-refractivity contribution < 1.29 is 9.59 Å². The molecule has 0 fully saturated rings. The highest BCUT2D eigenvalue weighted by Gasteiger charge is 2.21. The summed E-state index contributed by atoms with van der Waals surface area (Å²) in [6.45, 7) is 5.34. The number of carbonyl (C=O) groups excluding carboxylic acids is 2. The van der Waals surface area contributed by atoms with Gasteiger partial charge in [-0.3, -0.25) is 14.6 Å². The fourth-order valence-corrected chi connectivity index (χ4v) is 1.07. The fourth-order valence-electron chi connectivity index (χ4n) is 1.07. The number of rotatable bonds is 3. The van der Waals surface area contributed by atoms with Gasteiger partial charge in [-0.05, 0) is 12.1 Å². The van der Waals surface area contributed by atoms with Crippen LogP contribution >= 0.6 is 0 Å². The van der Waals surface area contributed by atoms with Crippen LogP contribution in [0.2, 0.25) is 0 Å². The van der Waals surface area contributed by atoms with Crippen molar-refractivity contribution in [3.63, 3.8) is 0 Å². The third kappa shape index (κ3) is 4.63. The highest BCUT2D eigenvalue weighted by Crippen LogP contribution is 2.12. The third-order valence-electron chi connectivity index (χ3n) is 2.04. The summed E-state index contributed by atoms with van der Waals surface area (Å²) in [4.78, 5) is 26.9. The molecule has 1 rings (SSSR count). The van der Waals surface area contributed by atoms with Crippen LogP contribution in [0.3, 0.4) is 0 Å². The second-order valence-corrected chi connectivity index (χ2v) is 4.72. The van der Waals surface area contributed by atoms with Crippen molar-refractivity contribution in [2.75, 3.05) is 11.9 Å². The van der Waals surface area contributed by atoms with E-state index in [1.807, 2.05) is 0 Å².